The van der Waals surface area contributed by atoms with Crippen LogP contribution in [0, 0.1) is 5.92 Å². The predicted molar refractivity (Wildman–Crippen MR) is 119 cm³/mol. The first kappa shape index (κ1) is 21.6. The van der Waals surface area contributed by atoms with Crippen molar-refractivity contribution in [3.8, 4) is 5.75 Å². The molecule has 6 nitrogen and oxygen atoms in total. The highest BCUT2D eigenvalue weighted by molar-refractivity contribution is 6.05. The van der Waals surface area contributed by atoms with Gasteiger partial charge in [-0.1, -0.05) is 26.0 Å². The Bertz CT molecular complexity index is 1100. The monoisotopic (exact) mass is 408 g/mol. The molecule has 0 fully saturated rings. The highest BCUT2D eigenvalue weighted by atomic mass is 16.5. The zero-order chi connectivity index (χ0) is 21.8. The van der Waals surface area contributed by atoms with Crippen molar-refractivity contribution < 1.29 is 13.9 Å². The van der Waals surface area contributed by atoms with Crippen LogP contribution in [0.25, 0.3) is 11.0 Å². The van der Waals surface area contributed by atoms with E-state index < -0.39 is 11.5 Å². The second-order valence-electron chi connectivity index (χ2n) is 8.10. The normalized spacial score (nSPS) is 11.3. The van der Waals surface area contributed by atoms with E-state index >= 15 is 0 Å². The largest absolute Gasteiger partial charge is 0.496 e. The number of carbonyl (C=O) groups excluding carboxylic acids is 1. The van der Waals surface area contributed by atoms with Crippen LogP contribution in [0.1, 0.15) is 35.3 Å². The molecule has 0 atom stereocenters. The number of methoxy groups -OCH3 is 1. The van der Waals surface area contributed by atoms with Crippen LogP contribution in [-0.4, -0.2) is 32.0 Å². The van der Waals surface area contributed by atoms with E-state index in [4.69, 9.17) is 9.15 Å². The number of carbonyl (C=O) groups is 1. The van der Waals surface area contributed by atoms with Crippen molar-refractivity contribution in [2.45, 2.75) is 26.8 Å². The molecule has 6 heteroatoms. The van der Waals surface area contributed by atoms with Gasteiger partial charge in [0.15, 0.2) is 0 Å². The summed E-state index contributed by atoms with van der Waals surface area (Å²) in [5, 5.41) is 3.47. The number of hydrogen-bond acceptors (Lipinski definition) is 5. The fourth-order valence-corrected chi connectivity index (χ4v) is 3.43. The number of fused-ring (bicyclic) bond motifs is 1. The van der Waals surface area contributed by atoms with Gasteiger partial charge in [-0.25, -0.2) is 4.79 Å². The highest BCUT2D eigenvalue weighted by Gasteiger charge is 2.18. The molecule has 2 aromatic carbocycles. The van der Waals surface area contributed by atoms with E-state index in [0.29, 0.717) is 34.7 Å². The van der Waals surface area contributed by atoms with Gasteiger partial charge in [-0.3, -0.25) is 4.79 Å². The lowest BCUT2D eigenvalue weighted by Crippen LogP contribution is -2.21. The van der Waals surface area contributed by atoms with E-state index in [1.165, 1.54) is 0 Å². The summed E-state index contributed by atoms with van der Waals surface area (Å²) in [7, 11) is 5.59. The van der Waals surface area contributed by atoms with Crippen molar-refractivity contribution in [2.75, 3.05) is 26.5 Å². The molecule has 0 saturated heterocycles. The first-order chi connectivity index (χ1) is 14.3. The highest BCUT2D eigenvalue weighted by Crippen LogP contribution is 2.30. The predicted octanol–water partition coefficient (Wildman–Crippen LogP) is 4.31. The van der Waals surface area contributed by atoms with Crippen LogP contribution in [-0.2, 0) is 13.0 Å². The number of amides is 1. The molecule has 0 bridgehead atoms. The van der Waals surface area contributed by atoms with Crippen LogP contribution in [0.4, 0.5) is 5.69 Å². The molecule has 1 heterocycles. The molecule has 0 aliphatic carbocycles. The third kappa shape index (κ3) is 4.89. The number of nitrogens with one attached hydrogen (secondary N) is 1. The van der Waals surface area contributed by atoms with Crippen LogP contribution >= 0.6 is 0 Å². The number of hydrogen-bond donors (Lipinski definition) is 1. The summed E-state index contributed by atoms with van der Waals surface area (Å²) in [6, 6.07) is 12.8. The quantitative estimate of drug-likeness (QED) is 0.590. The Labute approximate surface area is 176 Å². The Balaban J connectivity index is 1.91. The molecule has 1 N–H and O–H groups in total. The summed E-state index contributed by atoms with van der Waals surface area (Å²) in [6.07, 6.45) is 0.703. The Hall–Kier alpha value is -3.12. The van der Waals surface area contributed by atoms with Crippen LogP contribution in [0.2, 0.25) is 0 Å². The topological polar surface area (TPSA) is 71.8 Å². The zero-order valence-corrected chi connectivity index (χ0v) is 18.1. The molecule has 0 aliphatic rings. The average molecular weight is 408 g/mol. The third-order valence-electron chi connectivity index (χ3n) is 4.75. The van der Waals surface area contributed by atoms with E-state index in [1.54, 1.807) is 19.2 Å². The van der Waals surface area contributed by atoms with E-state index in [0.717, 1.165) is 17.7 Å². The Morgan fingerprint density at radius 3 is 2.43 bits per heavy atom. The number of benzene rings is 2. The summed E-state index contributed by atoms with van der Waals surface area (Å²) < 4.78 is 11.0. The van der Waals surface area contributed by atoms with Gasteiger partial charge >= 0.3 is 5.63 Å². The fourth-order valence-electron chi connectivity index (χ4n) is 3.43. The standard InChI is InChI=1S/C24H28N2O4/c1-15(2)12-19-21(29-5)11-8-17-13-20(24(28)30-22(17)19)23(27)25-18-9-6-16(7-10-18)14-26(3)4/h6-11,13,15H,12,14H2,1-5H3,(H,25,27). The molecule has 0 saturated carbocycles. The molecule has 3 rings (SSSR count). The lowest BCUT2D eigenvalue weighted by molar-refractivity contribution is 0.102. The number of ether oxygens (including phenoxy) is 1. The molecule has 0 radical (unpaired) electrons. The van der Waals surface area contributed by atoms with Gasteiger partial charge in [0.05, 0.1) is 7.11 Å². The molecule has 30 heavy (non-hydrogen) atoms. The van der Waals surface area contributed by atoms with Crippen molar-refractivity contribution >= 4 is 22.6 Å². The molecule has 0 unspecified atom stereocenters. The maximum atomic E-state index is 12.7. The second-order valence-corrected chi connectivity index (χ2v) is 8.10. The van der Waals surface area contributed by atoms with Gasteiger partial charge < -0.3 is 19.4 Å². The van der Waals surface area contributed by atoms with Gasteiger partial charge in [0.2, 0.25) is 0 Å². The first-order valence-electron chi connectivity index (χ1n) is 9.97. The maximum absolute atomic E-state index is 12.7. The number of rotatable bonds is 7. The smallest absolute Gasteiger partial charge is 0.349 e. The summed E-state index contributed by atoms with van der Waals surface area (Å²) in [5.74, 6) is 0.537. The molecule has 0 aliphatic heterocycles. The van der Waals surface area contributed by atoms with E-state index in [2.05, 4.69) is 24.1 Å². The number of nitrogens with zero attached hydrogens (tertiary/aromatic N) is 1. The third-order valence-corrected chi connectivity index (χ3v) is 4.75. The second kappa shape index (κ2) is 9.13. The Morgan fingerprint density at radius 2 is 1.83 bits per heavy atom. The van der Waals surface area contributed by atoms with Crippen molar-refractivity contribution in [1.29, 1.82) is 0 Å². The van der Waals surface area contributed by atoms with E-state index in [-0.39, 0.29) is 5.56 Å². The van der Waals surface area contributed by atoms with Crippen LogP contribution < -0.4 is 15.7 Å². The summed E-state index contributed by atoms with van der Waals surface area (Å²) >= 11 is 0. The van der Waals surface area contributed by atoms with Crippen LogP contribution in [0.5, 0.6) is 5.75 Å². The van der Waals surface area contributed by atoms with Crippen molar-refractivity contribution in [3.05, 3.63) is 69.6 Å². The molecule has 0 spiro atoms. The van der Waals surface area contributed by atoms with Crippen molar-refractivity contribution in [2.24, 2.45) is 5.92 Å². The molecule has 158 valence electrons. The zero-order valence-electron chi connectivity index (χ0n) is 18.1. The van der Waals surface area contributed by atoms with Gasteiger partial charge in [0.25, 0.3) is 5.91 Å². The molecule has 1 amide bonds. The van der Waals surface area contributed by atoms with Crippen molar-refractivity contribution in [3.63, 3.8) is 0 Å². The minimum Gasteiger partial charge on any atom is -0.496 e. The lowest BCUT2D eigenvalue weighted by Gasteiger charge is -2.13. The summed E-state index contributed by atoms with van der Waals surface area (Å²) in [4.78, 5) is 27.4. The van der Waals surface area contributed by atoms with Gasteiger partial charge in [0.1, 0.15) is 16.9 Å². The van der Waals surface area contributed by atoms with Crippen LogP contribution in [0.15, 0.2) is 51.7 Å². The SMILES string of the molecule is COc1ccc2cc(C(=O)Nc3ccc(CN(C)C)cc3)c(=O)oc2c1CC(C)C. The van der Waals surface area contributed by atoms with Gasteiger partial charge in [0, 0.05) is 23.2 Å². The summed E-state index contributed by atoms with van der Waals surface area (Å²) in [6.45, 7) is 4.98. The van der Waals surface area contributed by atoms with E-state index in [9.17, 15) is 9.59 Å². The van der Waals surface area contributed by atoms with Crippen molar-refractivity contribution in [1.82, 2.24) is 4.90 Å². The van der Waals surface area contributed by atoms with Gasteiger partial charge in [-0.05, 0) is 62.3 Å². The first-order valence-corrected chi connectivity index (χ1v) is 9.97. The molecular weight excluding hydrogens is 380 g/mol. The maximum Gasteiger partial charge on any atom is 0.349 e. The molecule has 3 aromatic rings. The average Bonchev–Trinajstić information content (AvgIpc) is 2.68. The molecular formula is C24H28N2O4. The van der Waals surface area contributed by atoms with Crippen LogP contribution in [0.3, 0.4) is 0 Å². The van der Waals surface area contributed by atoms with E-state index in [1.807, 2.05) is 44.4 Å². The van der Waals surface area contributed by atoms with Gasteiger partial charge in [-0.2, -0.15) is 0 Å². The number of anilines is 1. The fraction of sp³-hybridized carbons (Fsp3) is 0.333. The van der Waals surface area contributed by atoms with Gasteiger partial charge in [-0.15, -0.1) is 0 Å². The lowest BCUT2D eigenvalue weighted by atomic mass is 9.99. The summed E-state index contributed by atoms with van der Waals surface area (Å²) in [5.41, 5.74) is 2.37. The minimum absolute atomic E-state index is 0.0273. The Kier molecular flexibility index (Phi) is 6.57. The minimum atomic E-state index is -0.664. The Morgan fingerprint density at radius 1 is 1.13 bits per heavy atom. The molecule has 1 aromatic heterocycles.